The van der Waals surface area contributed by atoms with Crippen molar-refractivity contribution in [3.8, 4) is 17.2 Å². The zero-order valence-corrected chi connectivity index (χ0v) is 26.8. The number of anilines is 1. The maximum Gasteiger partial charge on any atom is 0.301 e. The summed E-state index contributed by atoms with van der Waals surface area (Å²) in [7, 11) is 3.11. The minimum atomic E-state index is -1.02. The molecule has 232 valence electrons. The van der Waals surface area contributed by atoms with Gasteiger partial charge in [-0.2, -0.15) is 0 Å². The fraction of sp³-hybridized carbons (Fsp3) is 0.294. The number of Topliss-reactive ketones (excluding diaryl/α,β-unsaturated/α-hetero) is 1. The predicted molar refractivity (Wildman–Crippen MR) is 174 cm³/mol. The molecule has 0 saturated carbocycles. The van der Waals surface area contributed by atoms with Crippen LogP contribution in [0.25, 0.3) is 21.6 Å². The summed E-state index contributed by atoms with van der Waals surface area (Å²) in [5.74, 6) is 0.0935. The lowest BCUT2D eigenvalue weighted by molar-refractivity contribution is -0.132. The van der Waals surface area contributed by atoms with Gasteiger partial charge in [0.1, 0.15) is 17.1 Å². The maximum absolute atomic E-state index is 13.9. The number of aromatic nitrogens is 3. The molecule has 10 nitrogen and oxygen atoms in total. The van der Waals surface area contributed by atoms with E-state index >= 15 is 0 Å². The number of nitrogens with zero attached hydrogens (tertiary/aromatic N) is 4. The van der Waals surface area contributed by atoms with Crippen LogP contribution in [0.3, 0.4) is 0 Å². The number of amides is 1. The third kappa shape index (κ3) is 5.27. The van der Waals surface area contributed by atoms with E-state index in [-0.39, 0.29) is 17.0 Å². The molecule has 1 fully saturated rings. The van der Waals surface area contributed by atoms with Crippen LogP contribution < -0.4 is 19.1 Å². The van der Waals surface area contributed by atoms with Gasteiger partial charge in [-0.1, -0.05) is 37.3 Å². The summed E-state index contributed by atoms with van der Waals surface area (Å²) in [6.45, 7) is 8.48. The van der Waals surface area contributed by atoms with Crippen LogP contribution in [-0.4, -0.2) is 52.0 Å². The van der Waals surface area contributed by atoms with E-state index in [4.69, 9.17) is 24.2 Å². The number of ether oxygens (including phenoxy) is 3. The van der Waals surface area contributed by atoms with E-state index in [1.807, 2.05) is 42.6 Å². The van der Waals surface area contributed by atoms with E-state index in [2.05, 4.69) is 13.8 Å². The Kier molecular flexibility index (Phi) is 7.96. The third-order valence-corrected chi connectivity index (χ3v) is 9.02. The first-order chi connectivity index (χ1) is 21.6. The van der Waals surface area contributed by atoms with Crippen LogP contribution in [0.15, 0.2) is 60.3 Å². The SMILES string of the molecule is COc1ccc2nc(N3C(=O)C(=O)/C(=C(/O)c4nc5c(C)cccn5c4C)C3c3ccc(OCCC(C)C)c(OC)c3)sc2c1. The first-order valence-corrected chi connectivity index (χ1v) is 15.5. The number of hydrogen-bond acceptors (Lipinski definition) is 9. The van der Waals surface area contributed by atoms with Crippen LogP contribution in [0.4, 0.5) is 5.13 Å². The summed E-state index contributed by atoms with van der Waals surface area (Å²) < 4.78 is 19.7. The second kappa shape index (κ2) is 11.9. The lowest BCUT2D eigenvalue weighted by Gasteiger charge is -2.24. The first kappa shape index (κ1) is 30.1. The molecule has 0 aliphatic carbocycles. The molecule has 11 heteroatoms. The number of hydrogen-bond donors (Lipinski definition) is 1. The summed E-state index contributed by atoms with van der Waals surface area (Å²) in [5.41, 5.74) is 3.51. The molecule has 5 aromatic rings. The van der Waals surface area contributed by atoms with Gasteiger partial charge in [0.05, 0.1) is 48.4 Å². The number of thiazole rings is 1. The molecule has 45 heavy (non-hydrogen) atoms. The minimum absolute atomic E-state index is 0.0866. The summed E-state index contributed by atoms with van der Waals surface area (Å²) in [4.78, 5) is 38.5. The molecule has 2 aromatic carbocycles. The van der Waals surface area contributed by atoms with Gasteiger partial charge in [-0.15, -0.1) is 0 Å². The van der Waals surface area contributed by atoms with Crippen molar-refractivity contribution in [2.45, 2.75) is 40.2 Å². The molecule has 1 atom stereocenters. The molecule has 0 bridgehead atoms. The number of carbonyl (C=O) groups is 2. The highest BCUT2D eigenvalue weighted by Crippen LogP contribution is 2.46. The van der Waals surface area contributed by atoms with Gasteiger partial charge < -0.3 is 23.7 Å². The third-order valence-electron chi connectivity index (χ3n) is 8.00. The largest absolute Gasteiger partial charge is 0.505 e. The van der Waals surface area contributed by atoms with Crippen LogP contribution >= 0.6 is 11.3 Å². The summed E-state index contributed by atoms with van der Waals surface area (Å²) in [6.07, 6.45) is 2.71. The molecular weight excluding hydrogens is 592 g/mol. The molecule has 1 amide bonds. The monoisotopic (exact) mass is 626 g/mol. The van der Waals surface area contributed by atoms with E-state index in [0.717, 1.165) is 16.7 Å². The number of methoxy groups -OCH3 is 2. The number of aliphatic hydroxyl groups is 1. The van der Waals surface area contributed by atoms with Crippen molar-refractivity contribution >= 4 is 49.8 Å². The summed E-state index contributed by atoms with van der Waals surface area (Å²) in [5, 5.41) is 12.2. The molecular formula is C34H34N4O6S. The second-order valence-corrected chi connectivity index (χ2v) is 12.4. The van der Waals surface area contributed by atoms with Gasteiger partial charge in [0.2, 0.25) is 0 Å². The van der Waals surface area contributed by atoms with Crippen molar-refractivity contribution in [1.82, 2.24) is 14.4 Å². The van der Waals surface area contributed by atoms with Gasteiger partial charge in [0, 0.05) is 6.20 Å². The highest BCUT2D eigenvalue weighted by atomic mass is 32.1. The summed E-state index contributed by atoms with van der Waals surface area (Å²) >= 11 is 1.26. The van der Waals surface area contributed by atoms with E-state index in [0.29, 0.717) is 57.3 Å². The molecule has 1 unspecified atom stereocenters. The fourth-order valence-electron chi connectivity index (χ4n) is 5.52. The summed E-state index contributed by atoms with van der Waals surface area (Å²) in [6, 6.07) is 13.5. The standard InChI is InChI=1S/C34H34N4O6S/c1-18(2)13-15-44-24-12-9-21(16-25(24)43-6)29-27(30(39)28-20(4)37-14-7-8-19(3)32(37)36-28)31(40)33(41)38(29)34-35-23-11-10-22(42-5)17-26(23)45-34/h7-12,14,16-18,29,39H,13,15H2,1-6H3/b30-27+. The Balaban J connectivity index is 1.54. The zero-order valence-electron chi connectivity index (χ0n) is 26.0. The van der Waals surface area contributed by atoms with E-state index in [9.17, 15) is 14.7 Å². The Labute approximate surface area is 264 Å². The van der Waals surface area contributed by atoms with Crippen LogP contribution in [0.1, 0.15) is 48.8 Å². The topological polar surface area (TPSA) is 115 Å². The van der Waals surface area contributed by atoms with E-state index < -0.39 is 17.7 Å². The van der Waals surface area contributed by atoms with Crippen LogP contribution in [-0.2, 0) is 9.59 Å². The fourth-order valence-corrected chi connectivity index (χ4v) is 6.54. The second-order valence-electron chi connectivity index (χ2n) is 11.4. The molecule has 1 aliphatic heterocycles. The Morgan fingerprint density at radius 2 is 1.82 bits per heavy atom. The van der Waals surface area contributed by atoms with Crippen molar-refractivity contribution in [2.24, 2.45) is 5.92 Å². The zero-order chi connectivity index (χ0) is 32.0. The smallest absolute Gasteiger partial charge is 0.301 e. The highest BCUT2D eigenvalue weighted by Gasteiger charge is 2.49. The van der Waals surface area contributed by atoms with Crippen LogP contribution in [0, 0.1) is 19.8 Å². The Bertz CT molecular complexity index is 1990. The van der Waals surface area contributed by atoms with Crippen molar-refractivity contribution in [3.05, 3.63) is 82.8 Å². The Morgan fingerprint density at radius 1 is 1.02 bits per heavy atom. The van der Waals surface area contributed by atoms with Gasteiger partial charge in [-0.05, 0) is 73.7 Å². The highest BCUT2D eigenvalue weighted by molar-refractivity contribution is 7.22. The van der Waals surface area contributed by atoms with Crippen molar-refractivity contribution in [3.63, 3.8) is 0 Å². The van der Waals surface area contributed by atoms with Gasteiger partial charge in [-0.25, -0.2) is 9.97 Å². The molecule has 1 N–H and O–H groups in total. The number of ketones is 1. The molecule has 0 spiro atoms. The quantitative estimate of drug-likeness (QED) is 0.110. The Hall–Kier alpha value is -4.90. The average molecular weight is 627 g/mol. The molecule has 0 radical (unpaired) electrons. The lowest BCUT2D eigenvalue weighted by atomic mass is 9.96. The number of pyridine rings is 1. The number of fused-ring (bicyclic) bond motifs is 2. The van der Waals surface area contributed by atoms with Crippen LogP contribution in [0.2, 0.25) is 0 Å². The van der Waals surface area contributed by atoms with Gasteiger partial charge in [0.25, 0.3) is 5.78 Å². The van der Waals surface area contributed by atoms with Gasteiger partial charge in [0.15, 0.2) is 22.4 Å². The van der Waals surface area contributed by atoms with Crippen molar-refractivity contribution in [2.75, 3.05) is 25.7 Å². The molecule has 1 saturated heterocycles. The molecule has 1 aliphatic rings. The number of benzene rings is 2. The molecule has 3 aromatic heterocycles. The number of imidazole rings is 1. The normalized spacial score (nSPS) is 16.3. The lowest BCUT2D eigenvalue weighted by Crippen LogP contribution is -2.29. The number of aliphatic hydroxyl groups excluding tert-OH is 1. The van der Waals surface area contributed by atoms with Gasteiger partial charge in [-0.3, -0.25) is 14.5 Å². The van der Waals surface area contributed by atoms with E-state index in [1.165, 1.54) is 23.3 Å². The molecule has 4 heterocycles. The van der Waals surface area contributed by atoms with Crippen LogP contribution in [0.5, 0.6) is 17.2 Å². The van der Waals surface area contributed by atoms with Crippen molar-refractivity contribution in [1.29, 1.82) is 0 Å². The number of aryl methyl sites for hydroxylation is 2. The molecule has 6 rings (SSSR count). The Morgan fingerprint density at radius 3 is 2.53 bits per heavy atom. The first-order valence-electron chi connectivity index (χ1n) is 14.6. The number of rotatable bonds is 9. The minimum Gasteiger partial charge on any atom is -0.505 e. The van der Waals surface area contributed by atoms with Gasteiger partial charge >= 0.3 is 5.91 Å². The maximum atomic E-state index is 13.9. The predicted octanol–water partition coefficient (Wildman–Crippen LogP) is 6.63. The van der Waals surface area contributed by atoms with Crippen molar-refractivity contribution < 1.29 is 28.9 Å². The average Bonchev–Trinajstić information content (AvgIpc) is 3.68. The number of carbonyl (C=O) groups excluding carboxylic acids is 2. The van der Waals surface area contributed by atoms with E-state index in [1.54, 1.807) is 37.4 Å².